The molecule has 0 aliphatic carbocycles. The number of aromatic nitrogens is 1. The molecule has 1 heterocycles. The lowest BCUT2D eigenvalue weighted by Crippen LogP contribution is -2.13. The Morgan fingerprint density at radius 2 is 2.50 bits per heavy atom. The van der Waals surface area contributed by atoms with Crippen LogP contribution in [0.5, 0.6) is 0 Å². The van der Waals surface area contributed by atoms with Crippen LogP contribution >= 0.6 is 0 Å². The molecule has 2 nitrogen and oxygen atoms in total. The van der Waals surface area contributed by atoms with Gasteiger partial charge in [0, 0.05) is 25.0 Å². The van der Waals surface area contributed by atoms with E-state index >= 15 is 0 Å². The molecule has 1 aromatic rings. The van der Waals surface area contributed by atoms with Crippen molar-refractivity contribution >= 4 is 0 Å². The summed E-state index contributed by atoms with van der Waals surface area (Å²) in [6.45, 7) is 3.67. The van der Waals surface area contributed by atoms with E-state index in [1.165, 1.54) is 5.69 Å². The normalized spacial score (nSPS) is 12.8. The summed E-state index contributed by atoms with van der Waals surface area (Å²) in [5.41, 5.74) is 7.15. The van der Waals surface area contributed by atoms with Gasteiger partial charge in [0.05, 0.1) is 0 Å². The zero-order valence-electron chi connectivity index (χ0n) is 7.53. The van der Waals surface area contributed by atoms with Gasteiger partial charge in [-0.25, -0.2) is 0 Å². The zero-order chi connectivity index (χ0) is 8.97. The first-order valence-corrected chi connectivity index (χ1v) is 4.23. The molecule has 2 N–H and O–H groups in total. The quantitative estimate of drug-likeness (QED) is 0.678. The molecule has 0 spiro atoms. The molecule has 0 aliphatic rings. The molecule has 0 unspecified atom stereocenters. The Bertz CT molecular complexity index is 250. The molecule has 12 heavy (non-hydrogen) atoms. The minimum atomic E-state index is 0.142. The maximum atomic E-state index is 5.96. The molecule has 0 saturated carbocycles. The second-order valence-electron chi connectivity index (χ2n) is 3.02. The number of nitrogens with zero attached hydrogens (tertiary/aromatic N) is 1. The lowest BCUT2D eigenvalue weighted by molar-refractivity contribution is 0.614. The van der Waals surface area contributed by atoms with Gasteiger partial charge >= 0.3 is 0 Å². The number of aryl methyl sites for hydroxylation is 1. The summed E-state index contributed by atoms with van der Waals surface area (Å²) in [5, 5.41) is 0. The number of rotatable bonds is 4. The molecule has 0 saturated heterocycles. The van der Waals surface area contributed by atoms with E-state index in [9.17, 15) is 0 Å². The monoisotopic (exact) mass is 164 g/mol. The molecule has 0 aliphatic heterocycles. The standard InChI is InChI=1S/C10H16N2/c1-3-4-6-9(11)10-7-5-8-12(10)2/h3,5,7-9H,1,4,6,11H2,2H3/t9-/m1/s1. The second-order valence-corrected chi connectivity index (χ2v) is 3.02. The molecule has 0 radical (unpaired) electrons. The Kier molecular flexibility index (Phi) is 3.11. The third-order valence-corrected chi connectivity index (χ3v) is 2.05. The first-order chi connectivity index (χ1) is 5.75. The van der Waals surface area contributed by atoms with E-state index in [1.54, 1.807) is 0 Å². The van der Waals surface area contributed by atoms with Crippen LogP contribution in [-0.2, 0) is 7.05 Å². The van der Waals surface area contributed by atoms with Crippen molar-refractivity contribution in [3.8, 4) is 0 Å². The van der Waals surface area contributed by atoms with Crippen molar-refractivity contribution in [3.63, 3.8) is 0 Å². The van der Waals surface area contributed by atoms with Crippen molar-refractivity contribution in [1.29, 1.82) is 0 Å². The number of allylic oxidation sites excluding steroid dienone is 1. The Morgan fingerprint density at radius 1 is 1.75 bits per heavy atom. The van der Waals surface area contributed by atoms with Crippen molar-refractivity contribution in [1.82, 2.24) is 4.57 Å². The second kappa shape index (κ2) is 4.12. The highest BCUT2D eigenvalue weighted by Crippen LogP contribution is 2.15. The molecule has 0 amide bonds. The average molecular weight is 164 g/mol. The van der Waals surface area contributed by atoms with Crippen LogP contribution in [-0.4, -0.2) is 4.57 Å². The van der Waals surface area contributed by atoms with Gasteiger partial charge in [-0.15, -0.1) is 6.58 Å². The topological polar surface area (TPSA) is 30.9 Å². The smallest absolute Gasteiger partial charge is 0.0452 e. The Labute approximate surface area is 73.7 Å². The van der Waals surface area contributed by atoms with Crippen LogP contribution in [0.2, 0.25) is 0 Å². The van der Waals surface area contributed by atoms with Gasteiger partial charge in [0.1, 0.15) is 0 Å². The SMILES string of the molecule is C=CCC[C@@H](N)c1cccn1C. The highest BCUT2D eigenvalue weighted by Gasteiger charge is 2.06. The van der Waals surface area contributed by atoms with Crippen molar-refractivity contribution < 1.29 is 0 Å². The first-order valence-electron chi connectivity index (χ1n) is 4.23. The van der Waals surface area contributed by atoms with E-state index in [0.717, 1.165) is 12.8 Å². The fourth-order valence-electron chi connectivity index (χ4n) is 1.30. The summed E-state index contributed by atoms with van der Waals surface area (Å²) < 4.78 is 2.06. The summed E-state index contributed by atoms with van der Waals surface area (Å²) in [5.74, 6) is 0. The zero-order valence-corrected chi connectivity index (χ0v) is 7.53. The Morgan fingerprint density at radius 3 is 3.00 bits per heavy atom. The predicted molar refractivity (Wildman–Crippen MR) is 51.8 cm³/mol. The number of hydrogen-bond donors (Lipinski definition) is 1. The molecule has 1 aromatic heterocycles. The summed E-state index contributed by atoms with van der Waals surface area (Å²) in [6.07, 6.45) is 5.87. The maximum absolute atomic E-state index is 5.96. The molecule has 0 aromatic carbocycles. The van der Waals surface area contributed by atoms with Crippen LogP contribution in [0.4, 0.5) is 0 Å². The van der Waals surface area contributed by atoms with Crippen molar-refractivity contribution in [2.45, 2.75) is 18.9 Å². The van der Waals surface area contributed by atoms with Crippen LogP contribution < -0.4 is 5.73 Å². The van der Waals surface area contributed by atoms with Gasteiger partial charge in [0.2, 0.25) is 0 Å². The fourth-order valence-corrected chi connectivity index (χ4v) is 1.30. The van der Waals surface area contributed by atoms with Crippen molar-refractivity contribution in [3.05, 3.63) is 36.7 Å². The highest BCUT2D eigenvalue weighted by atomic mass is 14.9. The van der Waals surface area contributed by atoms with Gasteiger partial charge in [-0.1, -0.05) is 6.08 Å². The van der Waals surface area contributed by atoms with Crippen LogP contribution in [0.25, 0.3) is 0 Å². The highest BCUT2D eigenvalue weighted by molar-refractivity contribution is 5.10. The molecule has 1 rings (SSSR count). The third kappa shape index (κ3) is 1.98. The van der Waals surface area contributed by atoms with Crippen molar-refractivity contribution in [2.75, 3.05) is 0 Å². The largest absolute Gasteiger partial charge is 0.353 e. The van der Waals surface area contributed by atoms with E-state index < -0.39 is 0 Å². The van der Waals surface area contributed by atoms with E-state index in [1.807, 2.05) is 25.4 Å². The fraction of sp³-hybridized carbons (Fsp3) is 0.400. The van der Waals surface area contributed by atoms with E-state index in [4.69, 9.17) is 5.73 Å². The minimum absolute atomic E-state index is 0.142. The first kappa shape index (κ1) is 9.07. The van der Waals surface area contributed by atoms with Crippen LogP contribution in [0.3, 0.4) is 0 Å². The van der Waals surface area contributed by atoms with Crippen LogP contribution in [0.15, 0.2) is 31.0 Å². The van der Waals surface area contributed by atoms with Crippen molar-refractivity contribution in [2.24, 2.45) is 12.8 Å². The van der Waals surface area contributed by atoms with Gasteiger partial charge in [0.25, 0.3) is 0 Å². The van der Waals surface area contributed by atoms with Crippen LogP contribution in [0.1, 0.15) is 24.6 Å². The van der Waals surface area contributed by atoms with E-state index in [0.29, 0.717) is 0 Å². The maximum Gasteiger partial charge on any atom is 0.0452 e. The number of nitrogens with two attached hydrogens (primary N) is 1. The summed E-state index contributed by atoms with van der Waals surface area (Å²) in [6, 6.07) is 4.22. The van der Waals surface area contributed by atoms with Crippen LogP contribution in [0, 0.1) is 0 Å². The summed E-state index contributed by atoms with van der Waals surface area (Å²) >= 11 is 0. The lowest BCUT2D eigenvalue weighted by Gasteiger charge is -2.11. The van der Waals surface area contributed by atoms with Gasteiger partial charge in [-0.2, -0.15) is 0 Å². The van der Waals surface area contributed by atoms with E-state index in [2.05, 4.69) is 17.2 Å². The minimum Gasteiger partial charge on any atom is -0.353 e. The average Bonchev–Trinajstić information content (AvgIpc) is 2.47. The van der Waals surface area contributed by atoms with Gasteiger partial charge in [0.15, 0.2) is 0 Å². The Hall–Kier alpha value is -1.02. The molecule has 66 valence electrons. The molecule has 1 atom stereocenters. The van der Waals surface area contributed by atoms with Gasteiger partial charge in [-0.3, -0.25) is 0 Å². The van der Waals surface area contributed by atoms with Gasteiger partial charge < -0.3 is 10.3 Å². The lowest BCUT2D eigenvalue weighted by atomic mass is 10.1. The molecule has 0 fully saturated rings. The van der Waals surface area contributed by atoms with Gasteiger partial charge in [-0.05, 0) is 25.0 Å². The number of hydrogen-bond acceptors (Lipinski definition) is 1. The molecular formula is C10H16N2. The molecule has 0 bridgehead atoms. The molecular weight excluding hydrogens is 148 g/mol. The third-order valence-electron chi connectivity index (χ3n) is 2.05. The summed E-state index contributed by atoms with van der Waals surface area (Å²) in [7, 11) is 2.02. The van der Waals surface area contributed by atoms with E-state index in [-0.39, 0.29) is 6.04 Å². The summed E-state index contributed by atoms with van der Waals surface area (Å²) in [4.78, 5) is 0. The predicted octanol–water partition coefficient (Wildman–Crippen LogP) is 1.99. The molecule has 2 heteroatoms. The Balaban J connectivity index is 2.58.